The van der Waals surface area contributed by atoms with Crippen LogP contribution in [0.4, 0.5) is 17.6 Å². The van der Waals surface area contributed by atoms with Crippen LogP contribution in [-0.2, 0) is 6.54 Å². The molecule has 0 spiro atoms. The third-order valence-corrected chi connectivity index (χ3v) is 6.81. The number of aromatic nitrogens is 3. The maximum absolute atomic E-state index is 13.3. The number of hydrogen-bond donors (Lipinski definition) is 3. The van der Waals surface area contributed by atoms with Gasteiger partial charge < -0.3 is 35.1 Å². The lowest BCUT2D eigenvalue weighted by molar-refractivity contribution is 0.0925. The van der Waals surface area contributed by atoms with Crippen molar-refractivity contribution in [3.8, 4) is 17.5 Å². The van der Waals surface area contributed by atoms with Gasteiger partial charge in [0, 0.05) is 37.0 Å². The van der Waals surface area contributed by atoms with Gasteiger partial charge in [-0.1, -0.05) is 32.0 Å². The molecule has 0 saturated heterocycles. The molecule has 3 N–H and O–H groups in total. The second kappa shape index (κ2) is 15.4. The zero-order chi connectivity index (χ0) is 30.7. The van der Waals surface area contributed by atoms with Crippen LogP contribution in [0.3, 0.4) is 0 Å². The maximum atomic E-state index is 13.3. The molecule has 3 aromatic rings. The van der Waals surface area contributed by atoms with E-state index in [4.69, 9.17) is 14.2 Å². The summed E-state index contributed by atoms with van der Waals surface area (Å²) >= 11 is 0. The number of amides is 1. The van der Waals surface area contributed by atoms with E-state index in [0.29, 0.717) is 61.8 Å². The number of carbonyl (C=O) groups is 1. The summed E-state index contributed by atoms with van der Waals surface area (Å²) in [5, 5.41) is 9.61. The summed E-state index contributed by atoms with van der Waals surface area (Å²) < 4.78 is 17.9. The highest BCUT2D eigenvalue weighted by molar-refractivity contribution is 5.97. The first-order valence-corrected chi connectivity index (χ1v) is 15.0. The maximum Gasteiger partial charge on any atom is 0.323 e. The number of carbonyl (C=O) groups excluding carboxylic acids is 1. The van der Waals surface area contributed by atoms with Gasteiger partial charge >= 0.3 is 6.01 Å². The summed E-state index contributed by atoms with van der Waals surface area (Å²) in [4.78, 5) is 28.8. The zero-order valence-corrected chi connectivity index (χ0v) is 26.0. The van der Waals surface area contributed by atoms with Crippen molar-refractivity contribution in [1.29, 1.82) is 0 Å². The Bertz CT molecular complexity index is 1350. The average Bonchev–Trinajstić information content (AvgIpc) is 2.96. The molecule has 1 aromatic heterocycles. The van der Waals surface area contributed by atoms with Crippen molar-refractivity contribution >= 4 is 23.5 Å². The number of para-hydroxylation sites is 1. The summed E-state index contributed by atoms with van der Waals surface area (Å²) in [7, 11) is 4.06. The Hall–Kier alpha value is -4.12. The van der Waals surface area contributed by atoms with Crippen LogP contribution in [0.2, 0.25) is 0 Å². The van der Waals surface area contributed by atoms with Gasteiger partial charge in [-0.05, 0) is 70.3 Å². The van der Waals surface area contributed by atoms with Gasteiger partial charge in [0.1, 0.15) is 11.5 Å². The molecule has 11 heteroatoms. The van der Waals surface area contributed by atoms with Crippen molar-refractivity contribution in [1.82, 2.24) is 25.2 Å². The minimum absolute atomic E-state index is 0.0864. The Morgan fingerprint density at radius 1 is 0.977 bits per heavy atom. The first-order valence-electron chi connectivity index (χ1n) is 15.0. The number of nitrogens with zero attached hydrogens (tertiary/aromatic N) is 4. The Labute approximate surface area is 254 Å². The summed E-state index contributed by atoms with van der Waals surface area (Å²) in [5.41, 5.74) is 2.08. The quantitative estimate of drug-likeness (QED) is 0.335. The number of hydrogen-bond acceptors (Lipinski definition) is 10. The number of fused-ring (bicyclic) bond motifs is 5. The monoisotopic (exact) mass is 591 g/mol. The topological polar surface area (TPSA) is 123 Å². The SMILES string of the molecule is CCOc1nc2nc(n1)Nc1ccc(C(=O)NCC(C)(C)CN(C)C)c(c1)OCCCCCCOc1ccccc1CN2. The number of ether oxygens (including phenoxy) is 3. The zero-order valence-electron chi connectivity index (χ0n) is 26.0. The molecule has 43 heavy (non-hydrogen) atoms. The number of anilines is 3. The standard InChI is InChI=1S/C32H45N7O4/c1-6-41-31-37-29-33-20-23-13-9-10-14-26(23)42-17-11-7-8-12-18-43-27-19-24(35-30(36-29)38-31)15-16-25(27)28(40)34-21-32(2,3)22-39(4)5/h9-10,13-16,19H,6-8,11-12,17-18,20-22H2,1-5H3,(H,34,40)(H2,33,35,36,37,38). The Morgan fingerprint density at radius 2 is 1.70 bits per heavy atom. The number of nitrogens with one attached hydrogen (secondary N) is 3. The molecule has 2 aromatic carbocycles. The molecule has 0 radical (unpaired) electrons. The highest BCUT2D eigenvalue weighted by Gasteiger charge is 2.22. The van der Waals surface area contributed by atoms with Crippen molar-refractivity contribution in [2.24, 2.45) is 5.41 Å². The molecule has 0 atom stereocenters. The summed E-state index contributed by atoms with van der Waals surface area (Å²) in [5.74, 6) is 1.83. The van der Waals surface area contributed by atoms with E-state index in [1.807, 2.05) is 57.4 Å². The van der Waals surface area contributed by atoms with Gasteiger partial charge in [-0.15, -0.1) is 0 Å². The van der Waals surface area contributed by atoms with Crippen LogP contribution in [0, 0.1) is 5.41 Å². The van der Waals surface area contributed by atoms with Gasteiger partial charge in [-0.2, -0.15) is 15.0 Å². The summed E-state index contributed by atoms with van der Waals surface area (Å²) in [6.07, 6.45) is 3.82. The van der Waals surface area contributed by atoms with Crippen molar-refractivity contribution in [2.45, 2.75) is 53.0 Å². The fourth-order valence-corrected chi connectivity index (χ4v) is 4.93. The van der Waals surface area contributed by atoms with Gasteiger partial charge in [0.15, 0.2) is 0 Å². The average molecular weight is 592 g/mol. The van der Waals surface area contributed by atoms with Crippen LogP contribution in [-0.4, -0.2) is 72.8 Å². The lowest BCUT2D eigenvalue weighted by Crippen LogP contribution is -2.40. The van der Waals surface area contributed by atoms with E-state index in [0.717, 1.165) is 43.5 Å². The Morgan fingerprint density at radius 3 is 2.44 bits per heavy atom. The predicted octanol–water partition coefficient (Wildman–Crippen LogP) is 5.28. The summed E-state index contributed by atoms with van der Waals surface area (Å²) in [6, 6.07) is 13.6. The van der Waals surface area contributed by atoms with Gasteiger partial charge in [-0.25, -0.2) is 0 Å². The van der Waals surface area contributed by atoms with E-state index < -0.39 is 0 Å². The van der Waals surface area contributed by atoms with Gasteiger partial charge in [0.05, 0.1) is 25.4 Å². The largest absolute Gasteiger partial charge is 0.493 e. The number of benzene rings is 2. The number of rotatable bonds is 7. The third kappa shape index (κ3) is 9.99. The van der Waals surface area contributed by atoms with Gasteiger partial charge in [0.2, 0.25) is 11.9 Å². The van der Waals surface area contributed by atoms with E-state index in [2.05, 4.69) is 49.6 Å². The summed E-state index contributed by atoms with van der Waals surface area (Å²) in [6.45, 7) is 9.54. The molecule has 2 heterocycles. The van der Waals surface area contributed by atoms with Crippen molar-refractivity contribution < 1.29 is 19.0 Å². The molecule has 0 aliphatic carbocycles. The van der Waals surface area contributed by atoms with Gasteiger partial charge in [-0.3, -0.25) is 4.79 Å². The fourth-order valence-electron chi connectivity index (χ4n) is 4.93. The van der Waals surface area contributed by atoms with Crippen LogP contribution in [0.15, 0.2) is 42.5 Å². The van der Waals surface area contributed by atoms with E-state index >= 15 is 0 Å². The van der Waals surface area contributed by atoms with Crippen LogP contribution in [0.25, 0.3) is 0 Å². The second-order valence-electron chi connectivity index (χ2n) is 11.7. The molecule has 11 nitrogen and oxygen atoms in total. The minimum atomic E-state index is -0.172. The van der Waals surface area contributed by atoms with Crippen molar-refractivity contribution in [3.05, 3.63) is 53.6 Å². The molecule has 0 saturated carbocycles. The van der Waals surface area contributed by atoms with E-state index in [1.165, 1.54) is 0 Å². The minimum Gasteiger partial charge on any atom is -0.493 e. The first-order chi connectivity index (χ1) is 20.7. The van der Waals surface area contributed by atoms with Crippen LogP contribution in [0.5, 0.6) is 17.5 Å². The van der Waals surface area contributed by atoms with E-state index in [1.54, 1.807) is 6.07 Å². The van der Waals surface area contributed by atoms with E-state index in [9.17, 15) is 4.79 Å². The molecular weight excluding hydrogens is 546 g/mol. The molecule has 232 valence electrons. The Balaban J connectivity index is 1.59. The second-order valence-corrected chi connectivity index (χ2v) is 11.7. The van der Waals surface area contributed by atoms with Crippen molar-refractivity contribution in [3.63, 3.8) is 0 Å². The smallest absolute Gasteiger partial charge is 0.323 e. The fraction of sp³-hybridized carbons (Fsp3) is 0.500. The molecule has 4 bridgehead atoms. The molecule has 1 aliphatic heterocycles. The normalized spacial score (nSPS) is 14.4. The van der Waals surface area contributed by atoms with Crippen molar-refractivity contribution in [2.75, 3.05) is 57.6 Å². The molecule has 0 unspecified atom stereocenters. The van der Waals surface area contributed by atoms with E-state index in [-0.39, 0.29) is 17.3 Å². The first kappa shape index (κ1) is 31.8. The van der Waals surface area contributed by atoms with Crippen LogP contribution in [0.1, 0.15) is 62.4 Å². The van der Waals surface area contributed by atoms with Crippen LogP contribution >= 0.6 is 0 Å². The molecule has 1 aliphatic rings. The molecule has 0 fully saturated rings. The predicted molar refractivity (Wildman–Crippen MR) is 169 cm³/mol. The van der Waals surface area contributed by atoms with Gasteiger partial charge in [0.25, 0.3) is 5.91 Å². The lowest BCUT2D eigenvalue weighted by atomic mass is 9.93. The van der Waals surface area contributed by atoms with Crippen LogP contribution < -0.4 is 30.2 Å². The highest BCUT2D eigenvalue weighted by Crippen LogP contribution is 2.27. The highest BCUT2D eigenvalue weighted by atomic mass is 16.5. The third-order valence-electron chi connectivity index (χ3n) is 6.81. The molecule has 1 amide bonds. The lowest BCUT2D eigenvalue weighted by Gasteiger charge is -2.28. The Kier molecular flexibility index (Phi) is 11.4. The molecular formula is C32H45N7O4. The molecule has 4 rings (SSSR count).